The normalized spacial score (nSPS) is 18.3. The SMILES string of the molecule is Cc1ccccc1C1CCN(CCNc2ccc3cc[nH]c3n2)C1. The number of likely N-dealkylation sites (tertiary alicyclic amines) is 1. The minimum atomic E-state index is 0.680. The first kappa shape index (κ1) is 15.2. The molecule has 0 bridgehead atoms. The summed E-state index contributed by atoms with van der Waals surface area (Å²) in [6, 6.07) is 15.0. The maximum atomic E-state index is 4.59. The molecule has 24 heavy (non-hydrogen) atoms. The third-order valence-corrected chi connectivity index (χ3v) is 5.04. The van der Waals surface area contributed by atoms with Crippen LogP contribution in [0, 0.1) is 6.92 Å². The number of hydrogen-bond donors (Lipinski definition) is 2. The summed E-state index contributed by atoms with van der Waals surface area (Å²) in [4.78, 5) is 10.3. The smallest absolute Gasteiger partial charge is 0.139 e. The molecular weight excluding hydrogens is 296 g/mol. The highest BCUT2D eigenvalue weighted by Crippen LogP contribution is 2.29. The third kappa shape index (κ3) is 3.15. The Morgan fingerprint density at radius 1 is 1.21 bits per heavy atom. The van der Waals surface area contributed by atoms with E-state index in [9.17, 15) is 0 Å². The average molecular weight is 320 g/mol. The van der Waals surface area contributed by atoms with Gasteiger partial charge in [0.05, 0.1) is 0 Å². The first-order valence-electron chi connectivity index (χ1n) is 8.75. The van der Waals surface area contributed by atoms with Gasteiger partial charge >= 0.3 is 0 Å². The van der Waals surface area contributed by atoms with Gasteiger partial charge in [-0.1, -0.05) is 24.3 Å². The lowest BCUT2D eigenvalue weighted by molar-refractivity contribution is 0.347. The quantitative estimate of drug-likeness (QED) is 0.752. The van der Waals surface area contributed by atoms with E-state index in [1.165, 1.54) is 24.1 Å². The van der Waals surface area contributed by atoms with Gasteiger partial charge in [0.25, 0.3) is 0 Å². The highest BCUT2D eigenvalue weighted by atomic mass is 15.2. The zero-order chi connectivity index (χ0) is 16.4. The molecule has 1 fully saturated rings. The van der Waals surface area contributed by atoms with Crippen LogP contribution in [0.25, 0.3) is 11.0 Å². The Labute approximate surface area is 142 Å². The predicted molar refractivity (Wildman–Crippen MR) is 99.6 cm³/mol. The van der Waals surface area contributed by atoms with E-state index >= 15 is 0 Å². The largest absolute Gasteiger partial charge is 0.369 e. The molecule has 0 saturated carbocycles. The molecular formula is C20H24N4. The van der Waals surface area contributed by atoms with Crippen molar-refractivity contribution >= 4 is 16.9 Å². The van der Waals surface area contributed by atoms with Crippen molar-refractivity contribution in [2.24, 2.45) is 0 Å². The standard InChI is InChI=1S/C20H24N4/c1-15-4-2-3-5-18(15)17-9-12-24(14-17)13-11-21-19-7-6-16-8-10-22-20(16)23-19/h2-8,10,17H,9,11-14H2,1H3,(H2,21,22,23). The number of nitrogens with one attached hydrogen (secondary N) is 2. The molecule has 124 valence electrons. The van der Waals surface area contributed by atoms with Crippen LogP contribution in [-0.2, 0) is 0 Å². The number of pyridine rings is 1. The van der Waals surface area contributed by atoms with Crippen molar-refractivity contribution in [1.29, 1.82) is 0 Å². The van der Waals surface area contributed by atoms with Crippen molar-refractivity contribution in [1.82, 2.24) is 14.9 Å². The predicted octanol–water partition coefficient (Wildman–Crippen LogP) is 3.77. The lowest BCUT2D eigenvalue weighted by Gasteiger charge is -2.17. The summed E-state index contributed by atoms with van der Waals surface area (Å²) in [5.41, 5.74) is 3.89. The summed E-state index contributed by atoms with van der Waals surface area (Å²) in [6.45, 7) is 6.56. The van der Waals surface area contributed by atoms with E-state index < -0.39 is 0 Å². The number of benzene rings is 1. The second-order valence-corrected chi connectivity index (χ2v) is 6.68. The molecule has 2 N–H and O–H groups in total. The van der Waals surface area contributed by atoms with Gasteiger partial charge in [-0.3, -0.25) is 0 Å². The van der Waals surface area contributed by atoms with Crippen LogP contribution >= 0.6 is 0 Å². The molecule has 1 aliphatic rings. The van der Waals surface area contributed by atoms with Crippen molar-refractivity contribution in [3.05, 3.63) is 59.8 Å². The number of H-pyrrole nitrogens is 1. The number of aromatic nitrogens is 2. The molecule has 4 nitrogen and oxygen atoms in total. The summed E-state index contributed by atoms with van der Waals surface area (Å²) >= 11 is 0. The Bertz CT molecular complexity index is 823. The Balaban J connectivity index is 1.30. The molecule has 1 aromatic carbocycles. The summed E-state index contributed by atoms with van der Waals surface area (Å²) < 4.78 is 0. The second-order valence-electron chi connectivity index (χ2n) is 6.68. The van der Waals surface area contributed by atoms with Gasteiger partial charge in [0.2, 0.25) is 0 Å². The van der Waals surface area contributed by atoms with Crippen LogP contribution in [0.15, 0.2) is 48.7 Å². The van der Waals surface area contributed by atoms with Crippen molar-refractivity contribution in [3.8, 4) is 0 Å². The van der Waals surface area contributed by atoms with Crippen LogP contribution in [-0.4, -0.2) is 41.0 Å². The van der Waals surface area contributed by atoms with E-state index in [1.54, 1.807) is 0 Å². The van der Waals surface area contributed by atoms with Crippen molar-refractivity contribution in [3.63, 3.8) is 0 Å². The number of anilines is 1. The summed E-state index contributed by atoms with van der Waals surface area (Å²) in [5.74, 6) is 1.62. The molecule has 0 aliphatic carbocycles. The summed E-state index contributed by atoms with van der Waals surface area (Å²) in [6.07, 6.45) is 3.19. The lowest BCUT2D eigenvalue weighted by Crippen LogP contribution is -2.27. The molecule has 4 heteroatoms. The van der Waals surface area contributed by atoms with Gasteiger partial charge in [-0.15, -0.1) is 0 Å². The molecule has 2 aromatic heterocycles. The fraction of sp³-hybridized carbons (Fsp3) is 0.350. The molecule has 0 amide bonds. The molecule has 0 radical (unpaired) electrons. The topological polar surface area (TPSA) is 44.0 Å². The first-order valence-corrected chi connectivity index (χ1v) is 8.75. The molecule has 1 atom stereocenters. The number of hydrogen-bond acceptors (Lipinski definition) is 3. The van der Waals surface area contributed by atoms with E-state index in [4.69, 9.17) is 0 Å². The zero-order valence-corrected chi connectivity index (χ0v) is 14.1. The van der Waals surface area contributed by atoms with Crippen LogP contribution in [0.1, 0.15) is 23.5 Å². The van der Waals surface area contributed by atoms with Crippen molar-refractivity contribution in [2.45, 2.75) is 19.3 Å². The number of nitrogens with zero attached hydrogens (tertiary/aromatic N) is 2. The van der Waals surface area contributed by atoms with Crippen LogP contribution in [0.4, 0.5) is 5.82 Å². The van der Waals surface area contributed by atoms with Gasteiger partial charge in [-0.25, -0.2) is 4.98 Å². The Morgan fingerprint density at radius 3 is 3.04 bits per heavy atom. The van der Waals surface area contributed by atoms with Crippen LogP contribution in [0.3, 0.4) is 0 Å². The average Bonchev–Trinajstić information content (AvgIpc) is 3.24. The summed E-state index contributed by atoms with van der Waals surface area (Å²) in [7, 11) is 0. The maximum absolute atomic E-state index is 4.59. The van der Waals surface area contributed by atoms with Gasteiger partial charge in [0.1, 0.15) is 11.5 Å². The van der Waals surface area contributed by atoms with Gasteiger partial charge in [-0.2, -0.15) is 0 Å². The highest BCUT2D eigenvalue weighted by Gasteiger charge is 2.24. The fourth-order valence-corrected chi connectivity index (χ4v) is 3.71. The van der Waals surface area contributed by atoms with Gasteiger partial charge < -0.3 is 15.2 Å². The molecule has 4 rings (SSSR count). The minimum Gasteiger partial charge on any atom is -0.369 e. The minimum absolute atomic E-state index is 0.680. The fourth-order valence-electron chi connectivity index (χ4n) is 3.71. The number of rotatable bonds is 5. The van der Waals surface area contributed by atoms with Crippen molar-refractivity contribution < 1.29 is 0 Å². The van der Waals surface area contributed by atoms with Gasteiger partial charge in [0, 0.05) is 31.2 Å². The molecule has 1 unspecified atom stereocenters. The number of aromatic amines is 1. The van der Waals surface area contributed by atoms with E-state index in [0.29, 0.717) is 5.92 Å². The highest BCUT2D eigenvalue weighted by molar-refractivity contribution is 5.77. The monoisotopic (exact) mass is 320 g/mol. The van der Waals surface area contributed by atoms with Crippen molar-refractivity contribution in [2.75, 3.05) is 31.5 Å². The lowest BCUT2D eigenvalue weighted by atomic mass is 9.94. The molecule has 0 spiro atoms. The molecule has 1 saturated heterocycles. The molecule has 3 aromatic rings. The van der Waals surface area contributed by atoms with Crippen LogP contribution in [0.5, 0.6) is 0 Å². The zero-order valence-electron chi connectivity index (χ0n) is 14.1. The number of aryl methyl sites for hydroxylation is 1. The second kappa shape index (κ2) is 6.65. The van der Waals surface area contributed by atoms with E-state index in [2.05, 4.69) is 63.5 Å². The van der Waals surface area contributed by atoms with Crippen LogP contribution < -0.4 is 5.32 Å². The van der Waals surface area contributed by atoms with Gasteiger partial charge in [-0.05, 0) is 55.1 Å². The van der Waals surface area contributed by atoms with E-state index in [-0.39, 0.29) is 0 Å². The van der Waals surface area contributed by atoms with E-state index in [0.717, 1.165) is 36.5 Å². The molecule has 1 aliphatic heterocycles. The van der Waals surface area contributed by atoms with Gasteiger partial charge in [0.15, 0.2) is 0 Å². The molecule has 3 heterocycles. The van der Waals surface area contributed by atoms with Crippen LogP contribution in [0.2, 0.25) is 0 Å². The Morgan fingerprint density at radius 2 is 2.12 bits per heavy atom. The Hall–Kier alpha value is -2.33. The Kier molecular flexibility index (Phi) is 4.22. The van der Waals surface area contributed by atoms with E-state index in [1.807, 2.05) is 12.3 Å². The first-order chi connectivity index (χ1) is 11.8. The third-order valence-electron chi connectivity index (χ3n) is 5.04. The number of fused-ring (bicyclic) bond motifs is 1. The summed E-state index contributed by atoms with van der Waals surface area (Å²) in [5, 5.41) is 4.60. The maximum Gasteiger partial charge on any atom is 0.139 e.